The van der Waals surface area contributed by atoms with Crippen molar-refractivity contribution < 1.29 is 14.3 Å². The van der Waals surface area contributed by atoms with Crippen LogP contribution in [0.3, 0.4) is 0 Å². The molecular formula is C30H36FN5O2. The maximum Gasteiger partial charge on any atom is 0.225 e. The van der Waals surface area contributed by atoms with Crippen LogP contribution in [0.2, 0.25) is 0 Å². The van der Waals surface area contributed by atoms with Crippen molar-refractivity contribution in [3.05, 3.63) is 72.2 Å². The number of likely N-dealkylation sites (tertiary alicyclic amines) is 2. The zero-order valence-corrected chi connectivity index (χ0v) is 21.8. The van der Waals surface area contributed by atoms with E-state index in [1.54, 1.807) is 12.1 Å². The highest BCUT2D eigenvalue weighted by Crippen LogP contribution is 2.40. The third-order valence-electron chi connectivity index (χ3n) is 8.88. The maximum absolute atomic E-state index is 14.2. The van der Waals surface area contributed by atoms with Gasteiger partial charge in [0.2, 0.25) is 5.91 Å². The number of amides is 1. The van der Waals surface area contributed by atoms with E-state index in [4.69, 9.17) is 0 Å². The van der Waals surface area contributed by atoms with Crippen LogP contribution >= 0.6 is 0 Å². The molecule has 0 unspecified atom stereocenters. The number of aromatic nitrogens is 3. The van der Waals surface area contributed by atoms with Gasteiger partial charge in [-0.1, -0.05) is 60.5 Å². The van der Waals surface area contributed by atoms with E-state index in [1.807, 2.05) is 46.1 Å². The predicted molar refractivity (Wildman–Crippen MR) is 142 cm³/mol. The lowest BCUT2D eigenvalue weighted by molar-refractivity contribution is -0.135. The Labute approximate surface area is 223 Å². The highest BCUT2D eigenvalue weighted by atomic mass is 19.1. The van der Waals surface area contributed by atoms with Gasteiger partial charge in [-0.25, -0.2) is 9.07 Å². The summed E-state index contributed by atoms with van der Waals surface area (Å²) in [7, 11) is 0. The lowest BCUT2D eigenvalue weighted by Gasteiger charge is -2.37. The largest absolute Gasteiger partial charge is 0.383 e. The fourth-order valence-corrected chi connectivity index (χ4v) is 6.67. The molecule has 1 N–H and O–H groups in total. The molecule has 1 saturated carbocycles. The van der Waals surface area contributed by atoms with Crippen LogP contribution in [-0.2, 0) is 10.4 Å². The number of nitrogens with zero attached hydrogens (tertiary/aromatic N) is 5. The lowest BCUT2D eigenvalue weighted by atomic mass is 9.83. The fourth-order valence-electron chi connectivity index (χ4n) is 6.67. The number of halogens is 1. The number of β-amino-alcohol motifs (C(OH)–C–C–N with tert-alkyl or cyclic N) is 1. The van der Waals surface area contributed by atoms with E-state index in [-0.39, 0.29) is 36.1 Å². The van der Waals surface area contributed by atoms with Gasteiger partial charge in [-0.3, -0.25) is 4.79 Å². The molecule has 0 radical (unpaired) electrons. The van der Waals surface area contributed by atoms with Crippen molar-refractivity contribution in [3.63, 3.8) is 0 Å². The second-order valence-electron chi connectivity index (χ2n) is 11.3. The topological polar surface area (TPSA) is 74.5 Å². The zero-order valence-electron chi connectivity index (χ0n) is 21.8. The molecule has 7 nitrogen and oxygen atoms in total. The summed E-state index contributed by atoms with van der Waals surface area (Å²) in [5.74, 6) is -0.329. The van der Waals surface area contributed by atoms with Crippen LogP contribution in [0.4, 0.5) is 4.39 Å². The van der Waals surface area contributed by atoms with E-state index in [0.29, 0.717) is 18.7 Å². The van der Waals surface area contributed by atoms with E-state index in [2.05, 4.69) is 15.2 Å². The SMILES string of the molecule is O=C(C1CCCC1)N1C[C@@H](CN2CCC(n3cc(-c4ccccc4)nn3)CC2)[C@@](O)(c2cccc(F)c2)C1. The van der Waals surface area contributed by atoms with Crippen LogP contribution in [0.15, 0.2) is 60.8 Å². The number of hydrogen-bond donors (Lipinski definition) is 1. The van der Waals surface area contributed by atoms with Crippen molar-refractivity contribution in [2.45, 2.75) is 50.2 Å². The average molecular weight is 518 g/mol. The fraction of sp³-hybridized carbons (Fsp3) is 0.500. The number of benzene rings is 2. The summed E-state index contributed by atoms with van der Waals surface area (Å²) in [5.41, 5.74) is 1.25. The Morgan fingerprint density at radius 1 is 1.03 bits per heavy atom. The van der Waals surface area contributed by atoms with Gasteiger partial charge >= 0.3 is 0 Å². The van der Waals surface area contributed by atoms with Crippen molar-refractivity contribution in [2.75, 3.05) is 32.7 Å². The second-order valence-corrected chi connectivity index (χ2v) is 11.3. The van der Waals surface area contributed by atoms with E-state index in [1.165, 1.54) is 12.1 Å². The first-order chi connectivity index (χ1) is 18.5. The van der Waals surface area contributed by atoms with Crippen LogP contribution in [0, 0.1) is 17.7 Å². The standard InChI is InChI=1S/C30H36FN5O2/c31-26-12-6-11-24(17-26)30(38)21-35(29(37)23-9-4-5-10-23)19-25(30)18-34-15-13-27(14-16-34)36-20-28(32-33-36)22-7-2-1-3-8-22/h1-3,6-8,11-12,17,20,23,25,27,38H,4-5,9-10,13-16,18-19,21H2/t25-,30+/m1/s1. The van der Waals surface area contributed by atoms with Gasteiger partial charge in [-0.05, 0) is 43.4 Å². The van der Waals surface area contributed by atoms with E-state index in [0.717, 1.165) is 62.9 Å². The molecule has 200 valence electrons. The second kappa shape index (κ2) is 10.6. The minimum atomic E-state index is -1.26. The minimum Gasteiger partial charge on any atom is -0.383 e. The Hall–Kier alpha value is -3.10. The summed E-state index contributed by atoms with van der Waals surface area (Å²) in [5, 5.41) is 20.8. The number of aliphatic hydroxyl groups is 1. The number of carbonyl (C=O) groups excluding carboxylic acids is 1. The molecule has 2 aliphatic heterocycles. The summed E-state index contributed by atoms with van der Waals surface area (Å²) < 4.78 is 16.2. The molecule has 6 rings (SSSR count). The molecule has 2 aromatic carbocycles. The Morgan fingerprint density at radius 2 is 1.79 bits per heavy atom. The molecule has 1 amide bonds. The number of rotatable bonds is 6. The van der Waals surface area contributed by atoms with Gasteiger partial charge in [-0.2, -0.15) is 0 Å². The third-order valence-corrected chi connectivity index (χ3v) is 8.88. The maximum atomic E-state index is 14.2. The van der Waals surface area contributed by atoms with Crippen molar-refractivity contribution in [2.24, 2.45) is 11.8 Å². The smallest absolute Gasteiger partial charge is 0.225 e. The summed E-state index contributed by atoms with van der Waals surface area (Å²) in [6, 6.07) is 16.6. The van der Waals surface area contributed by atoms with Gasteiger partial charge in [0.05, 0.1) is 18.8 Å². The molecule has 3 fully saturated rings. The van der Waals surface area contributed by atoms with Gasteiger partial charge in [0.25, 0.3) is 0 Å². The average Bonchev–Trinajstić information content (AvgIpc) is 3.71. The highest BCUT2D eigenvalue weighted by molar-refractivity contribution is 5.79. The lowest BCUT2D eigenvalue weighted by Crippen LogP contribution is -2.44. The minimum absolute atomic E-state index is 0.0599. The normalized spacial score (nSPS) is 25.3. The number of piperidine rings is 1. The Balaban J connectivity index is 1.14. The Morgan fingerprint density at radius 3 is 2.53 bits per heavy atom. The molecule has 8 heteroatoms. The molecular weight excluding hydrogens is 481 g/mol. The van der Waals surface area contributed by atoms with Gasteiger partial charge in [0, 0.05) is 43.6 Å². The van der Waals surface area contributed by atoms with E-state index >= 15 is 0 Å². The van der Waals surface area contributed by atoms with Crippen LogP contribution in [-0.4, -0.2) is 68.5 Å². The zero-order chi connectivity index (χ0) is 26.1. The Kier molecular flexibility index (Phi) is 7.01. The van der Waals surface area contributed by atoms with Crippen LogP contribution < -0.4 is 0 Å². The molecule has 1 aliphatic carbocycles. The first kappa shape index (κ1) is 25.2. The van der Waals surface area contributed by atoms with E-state index < -0.39 is 5.60 Å². The van der Waals surface area contributed by atoms with Crippen molar-refractivity contribution >= 4 is 5.91 Å². The molecule has 2 atom stereocenters. The molecule has 1 aromatic heterocycles. The first-order valence-electron chi connectivity index (χ1n) is 14.0. The van der Waals surface area contributed by atoms with Crippen molar-refractivity contribution in [1.29, 1.82) is 0 Å². The van der Waals surface area contributed by atoms with Crippen molar-refractivity contribution in [1.82, 2.24) is 24.8 Å². The summed E-state index contributed by atoms with van der Waals surface area (Å²) >= 11 is 0. The quantitative estimate of drug-likeness (QED) is 0.529. The third kappa shape index (κ3) is 4.99. The molecule has 3 aliphatic rings. The van der Waals surface area contributed by atoms with Crippen molar-refractivity contribution in [3.8, 4) is 11.3 Å². The van der Waals surface area contributed by atoms with Crippen LogP contribution in [0.25, 0.3) is 11.3 Å². The predicted octanol–water partition coefficient (Wildman–Crippen LogP) is 4.26. The molecule has 0 spiro atoms. The summed E-state index contributed by atoms with van der Waals surface area (Å²) in [6.45, 7) is 3.15. The summed E-state index contributed by atoms with van der Waals surface area (Å²) in [4.78, 5) is 17.5. The highest BCUT2D eigenvalue weighted by Gasteiger charge is 2.49. The monoisotopic (exact) mass is 517 g/mol. The molecule has 0 bridgehead atoms. The molecule has 3 heterocycles. The van der Waals surface area contributed by atoms with Crippen LogP contribution in [0.1, 0.15) is 50.1 Å². The number of carbonyl (C=O) groups is 1. The van der Waals surface area contributed by atoms with Gasteiger partial charge in [0.1, 0.15) is 17.1 Å². The van der Waals surface area contributed by atoms with Gasteiger partial charge < -0.3 is 14.9 Å². The van der Waals surface area contributed by atoms with E-state index in [9.17, 15) is 14.3 Å². The molecule has 2 saturated heterocycles. The summed E-state index contributed by atoms with van der Waals surface area (Å²) in [6.07, 6.45) is 7.95. The first-order valence-corrected chi connectivity index (χ1v) is 14.0. The Bertz CT molecular complexity index is 1250. The van der Waals surface area contributed by atoms with Gasteiger partial charge in [-0.15, -0.1) is 5.10 Å². The van der Waals surface area contributed by atoms with Crippen LogP contribution in [0.5, 0.6) is 0 Å². The number of hydrogen-bond acceptors (Lipinski definition) is 5. The molecule has 38 heavy (non-hydrogen) atoms. The van der Waals surface area contributed by atoms with Gasteiger partial charge in [0.15, 0.2) is 0 Å². The molecule has 3 aromatic rings.